The Morgan fingerprint density at radius 1 is 0.639 bits per heavy atom. The zero-order chi connectivity index (χ0) is 62.5. The number of para-hydroxylation sites is 1. The fraction of sp³-hybridized carbons (Fsp3) is 0.625. The van der Waals surface area contributed by atoms with E-state index in [2.05, 4.69) is 54.2 Å². The lowest BCUT2D eigenvalue weighted by Gasteiger charge is -2.26. The van der Waals surface area contributed by atoms with E-state index in [4.69, 9.17) is 28.7 Å². The van der Waals surface area contributed by atoms with Crippen molar-refractivity contribution in [3.05, 3.63) is 36.0 Å². The summed E-state index contributed by atoms with van der Waals surface area (Å²) < 4.78 is 0. The molecule has 0 bridgehead atoms. The molecule has 9 atom stereocenters. The van der Waals surface area contributed by atoms with Gasteiger partial charge in [-0.15, -0.1) is 0 Å². The number of aliphatic carboxylic acids is 1. The van der Waals surface area contributed by atoms with E-state index in [1.807, 2.05) is 18.2 Å². The van der Waals surface area contributed by atoms with Crippen LogP contribution in [-0.2, 0) is 59.2 Å². The molecular weight excluding hydrogens is 1090 g/mol. The minimum atomic E-state index is -1.43. The van der Waals surface area contributed by atoms with E-state index in [0.717, 1.165) is 10.9 Å². The first-order valence-corrected chi connectivity index (χ1v) is 28.7. The van der Waals surface area contributed by atoms with Gasteiger partial charge in [-0.1, -0.05) is 45.9 Å². The average Bonchev–Trinajstić information content (AvgIpc) is 3.87. The molecule has 0 radical (unpaired) electrons. The SMILES string of the molecule is CNC(=O)[C@@H](CCCN=C(N)N)CC(=O)[C@H](CCC(=O)O)NC(=O)[C@@H](CS)CC(=O)[C@H](CC(C)C)NC(=O)[C@@H](CCCN=C(N)N)CC(=O)[C@H](Cc1c[nH]c2ccccc12)NC(=O)CCC(=O)[C@@H](NC(=O)[C@H](CC(=O)CN)C(C)C)[C@H](C)O. The van der Waals surface area contributed by atoms with Gasteiger partial charge in [-0.3, -0.25) is 62.7 Å². The minimum Gasteiger partial charge on any atom is -0.481 e. The molecule has 462 valence electrons. The fourth-order valence-corrected chi connectivity index (χ4v) is 9.66. The topological polar surface area (TPSA) is 459 Å². The number of nitrogens with two attached hydrogens (primary N) is 5. The summed E-state index contributed by atoms with van der Waals surface area (Å²) in [4.78, 5) is 159. The van der Waals surface area contributed by atoms with E-state index in [1.165, 1.54) is 14.0 Å². The third kappa shape index (κ3) is 26.2. The number of hydrogen-bond acceptors (Lipinski definition) is 16. The number of guanidine groups is 2. The second kappa shape index (κ2) is 37.0. The van der Waals surface area contributed by atoms with E-state index in [1.54, 1.807) is 40.0 Å². The van der Waals surface area contributed by atoms with Gasteiger partial charge in [0.25, 0.3) is 0 Å². The van der Waals surface area contributed by atoms with Crippen molar-refractivity contribution in [2.45, 2.75) is 155 Å². The van der Waals surface area contributed by atoms with Crippen LogP contribution in [0.3, 0.4) is 0 Å². The lowest BCUT2D eigenvalue weighted by atomic mass is 9.89. The number of rotatable bonds is 42. The summed E-state index contributed by atoms with van der Waals surface area (Å²) in [5.74, 6) is -12.6. The molecule has 2 aromatic rings. The number of amides is 5. The molecule has 27 heteroatoms. The van der Waals surface area contributed by atoms with Gasteiger partial charge in [-0.25, -0.2) is 0 Å². The van der Waals surface area contributed by atoms with Crippen LogP contribution in [0.4, 0.5) is 0 Å². The molecule has 26 nitrogen and oxygen atoms in total. The Morgan fingerprint density at radius 3 is 1.71 bits per heavy atom. The van der Waals surface area contributed by atoms with Gasteiger partial charge < -0.3 is 70.4 Å². The molecule has 5 amide bonds. The Hall–Kier alpha value is -7.26. The number of carbonyl (C=O) groups excluding carboxylic acids is 10. The van der Waals surface area contributed by atoms with Crippen molar-refractivity contribution in [2.24, 2.45) is 74.2 Å². The molecule has 0 fully saturated rings. The zero-order valence-corrected chi connectivity index (χ0v) is 49.5. The van der Waals surface area contributed by atoms with Crippen molar-refractivity contribution in [3.63, 3.8) is 0 Å². The first-order valence-electron chi connectivity index (χ1n) is 28.0. The van der Waals surface area contributed by atoms with E-state index in [0.29, 0.717) is 12.0 Å². The van der Waals surface area contributed by atoms with Crippen LogP contribution in [-0.4, -0.2) is 154 Å². The van der Waals surface area contributed by atoms with Crippen molar-refractivity contribution in [3.8, 4) is 0 Å². The molecule has 1 aromatic heterocycles. The number of hydrogen-bond donors (Lipinski definition) is 14. The Bertz CT molecular complexity index is 2600. The van der Waals surface area contributed by atoms with Gasteiger partial charge in [-0.05, 0) is 68.9 Å². The second-order valence-corrected chi connectivity index (χ2v) is 22.0. The standard InChI is InChI=1S/C56H89N13O13S/c1-30(2)21-42(47(75)25-36(29-83)53(81)67-41(15-18-49(77)78)45(73)23-33(51(79)62-6)11-9-19-63-55(58)59)68-52(80)34(12-10-20-64-56(60)61)24-46(74)43(22-35-28-65-40-14-8-7-13-38(35)40)66-48(76)17-16-44(72)50(32(5)70)69-54(82)39(31(3)4)26-37(71)27-57/h7-8,13-14,28,30-34,36,39,41-43,50,65,70,83H,9-12,15-27,29,57H2,1-6H3,(H,62,79)(H,66,76)(H,67,81)(H,68,80)(H,69,82)(H,77,78)(H4,58,59,63)(H4,60,61,64)/t32-,33-,34-,36+,39+,41-,42-,43-,50-/m0/s1. The number of aliphatic imine (C=N–C) groups is 2. The zero-order valence-electron chi connectivity index (χ0n) is 48.6. The van der Waals surface area contributed by atoms with Gasteiger partial charge in [0.05, 0.1) is 36.7 Å². The van der Waals surface area contributed by atoms with Crippen molar-refractivity contribution in [1.29, 1.82) is 0 Å². The summed E-state index contributed by atoms with van der Waals surface area (Å²) in [6.45, 7) is 8.31. The normalized spacial score (nSPS) is 14.5. The number of fused-ring (bicyclic) bond motifs is 1. The molecule has 0 saturated heterocycles. The van der Waals surface area contributed by atoms with E-state index >= 15 is 0 Å². The predicted octanol–water partition coefficient (Wildman–Crippen LogP) is -0.0101. The highest BCUT2D eigenvalue weighted by atomic mass is 32.1. The Labute approximate surface area is 490 Å². The van der Waals surface area contributed by atoms with Crippen LogP contribution in [0, 0.1) is 35.5 Å². The number of benzene rings is 1. The maximum absolute atomic E-state index is 14.7. The first kappa shape index (κ1) is 71.8. The molecule has 2 rings (SSSR count). The highest BCUT2D eigenvalue weighted by Gasteiger charge is 2.36. The van der Waals surface area contributed by atoms with Crippen molar-refractivity contribution < 1.29 is 63.0 Å². The summed E-state index contributed by atoms with van der Waals surface area (Å²) >= 11 is 4.34. The van der Waals surface area contributed by atoms with Gasteiger partial charge in [0.1, 0.15) is 11.8 Å². The molecular formula is C56H89N13O13S. The molecule has 0 aliphatic carbocycles. The maximum Gasteiger partial charge on any atom is 0.303 e. The number of aromatic nitrogens is 1. The molecule has 1 heterocycles. The lowest BCUT2D eigenvalue weighted by Crippen LogP contribution is -2.51. The first-order chi connectivity index (χ1) is 39.1. The highest BCUT2D eigenvalue weighted by Crippen LogP contribution is 2.24. The van der Waals surface area contributed by atoms with Crippen LogP contribution in [0.5, 0.6) is 0 Å². The smallest absolute Gasteiger partial charge is 0.303 e. The van der Waals surface area contributed by atoms with Crippen LogP contribution in [0.25, 0.3) is 10.9 Å². The van der Waals surface area contributed by atoms with Crippen LogP contribution < -0.4 is 55.3 Å². The number of H-pyrrole nitrogens is 1. The summed E-state index contributed by atoms with van der Waals surface area (Å²) in [6, 6.07) is 1.98. The van der Waals surface area contributed by atoms with E-state index in [-0.39, 0.29) is 106 Å². The number of nitrogens with zero attached hydrogens (tertiary/aromatic N) is 2. The summed E-state index contributed by atoms with van der Waals surface area (Å²) in [5, 5.41) is 34.0. The maximum atomic E-state index is 14.7. The molecule has 0 spiro atoms. The summed E-state index contributed by atoms with van der Waals surface area (Å²) in [7, 11) is 1.39. The number of carboxylic acid groups (broad SMARTS) is 1. The molecule has 0 unspecified atom stereocenters. The monoisotopic (exact) mass is 1180 g/mol. The number of carbonyl (C=O) groups is 11. The van der Waals surface area contributed by atoms with Gasteiger partial charge in [0.2, 0.25) is 29.5 Å². The fourth-order valence-electron chi connectivity index (χ4n) is 9.36. The summed E-state index contributed by atoms with van der Waals surface area (Å²) in [6.07, 6.45) is -2.19. The van der Waals surface area contributed by atoms with Gasteiger partial charge >= 0.3 is 5.97 Å². The molecule has 18 N–H and O–H groups in total. The lowest BCUT2D eigenvalue weighted by molar-refractivity contribution is -0.138. The van der Waals surface area contributed by atoms with Crippen LogP contribution in [0.1, 0.15) is 124 Å². The summed E-state index contributed by atoms with van der Waals surface area (Å²) in [5.41, 5.74) is 28.8. The van der Waals surface area contributed by atoms with Crippen molar-refractivity contribution in [1.82, 2.24) is 31.6 Å². The Balaban J connectivity index is 2.45. The van der Waals surface area contributed by atoms with Crippen LogP contribution in [0.15, 0.2) is 40.4 Å². The van der Waals surface area contributed by atoms with Crippen LogP contribution >= 0.6 is 12.6 Å². The number of aliphatic hydroxyl groups excluding tert-OH is 1. The van der Waals surface area contributed by atoms with Crippen LogP contribution in [0.2, 0.25) is 0 Å². The number of carboxylic acids is 1. The minimum absolute atomic E-state index is 0.0220. The molecule has 0 aliphatic heterocycles. The average molecular weight is 1180 g/mol. The van der Waals surface area contributed by atoms with Gasteiger partial charge in [-0.2, -0.15) is 12.6 Å². The number of Topliss-reactive ketones (excluding diaryl/α,β-unsaturated/α-hetero) is 5. The number of nitrogens with one attached hydrogen (secondary N) is 6. The van der Waals surface area contributed by atoms with Crippen molar-refractivity contribution >= 4 is 99.9 Å². The molecule has 0 saturated carbocycles. The molecule has 0 aliphatic rings. The number of thiol groups is 1. The molecule has 83 heavy (non-hydrogen) atoms. The Kier molecular flexibility index (Phi) is 32.1. The van der Waals surface area contributed by atoms with E-state index in [9.17, 15) is 63.0 Å². The molecule has 1 aromatic carbocycles. The predicted molar refractivity (Wildman–Crippen MR) is 316 cm³/mol. The van der Waals surface area contributed by atoms with Gasteiger partial charge in [0, 0.05) is 112 Å². The Morgan fingerprint density at radius 2 is 1.18 bits per heavy atom. The number of ketones is 5. The number of aliphatic hydroxyl groups is 1. The van der Waals surface area contributed by atoms with Crippen molar-refractivity contribution in [2.75, 3.05) is 32.4 Å². The van der Waals surface area contributed by atoms with Gasteiger partial charge in [0.15, 0.2) is 35.1 Å². The quantitative estimate of drug-likeness (QED) is 0.0180. The third-order valence-electron chi connectivity index (χ3n) is 14.1. The largest absolute Gasteiger partial charge is 0.481 e. The van der Waals surface area contributed by atoms with E-state index < -0.39 is 145 Å². The second-order valence-electron chi connectivity index (χ2n) is 21.7. The highest BCUT2D eigenvalue weighted by molar-refractivity contribution is 7.80. The number of aromatic amines is 1. The third-order valence-corrected chi connectivity index (χ3v) is 14.5.